The van der Waals surface area contributed by atoms with E-state index in [1.165, 1.54) is 16.5 Å². The molecule has 0 unspecified atom stereocenters. The van der Waals surface area contributed by atoms with Crippen LogP contribution in [0.2, 0.25) is 0 Å². The second-order valence-corrected chi connectivity index (χ2v) is 7.97. The van der Waals surface area contributed by atoms with Crippen molar-refractivity contribution < 1.29 is 0 Å². The third-order valence-corrected chi connectivity index (χ3v) is 5.45. The third-order valence-electron chi connectivity index (χ3n) is 5.45. The third kappa shape index (κ3) is 3.82. The van der Waals surface area contributed by atoms with Crippen molar-refractivity contribution in [3.05, 3.63) is 103 Å². The average molecular weight is 402 g/mol. The summed E-state index contributed by atoms with van der Waals surface area (Å²) >= 11 is 0. The molecule has 150 valence electrons. The first kappa shape index (κ1) is 19.1. The smallest absolute Gasteiger partial charge is 0.164 e. The van der Waals surface area contributed by atoms with Crippen molar-refractivity contribution in [3.63, 3.8) is 0 Å². The molecule has 0 bridgehead atoms. The molecule has 31 heavy (non-hydrogen) atoms. The van der Waals surface area contributed by atoms with Crippen LogP contribution in [0, 0.1) is 0 Å². The Hall–Kier alpha value is -3.85. The first-order valence-electron chi connectivity index (χ1n) is 10.6. The lowest BCUT2D eigenvalue weighted by Gasteiger charge is -2.12. The molecule has 0 fully saturated rings. The fourth-order valence-electron chi connectivity index (χ4n) is 3.76. The molecular formula is C28H23N3. The second-order valence-electron chi connectivity index (χ2n) is 7.97. The van der Waals surface area contributed by atoms with Gasteiger partial charge in [0.2, 0.25) is 0 Å². The first-order valence-corrected chi connectivity index (χ1v) is 10.6. The number of fused-ring (bicyclic) bond motifs is 1. The van der Waals surface area contributed by atoms with Gasteiger partial charge in [-0.3, -0.25) is 0 Å². The van der Waals surface area contributed by atoms with Crippen molar-refractivity contribution in [2.75, 3.05) is 0 Å². The normalized spacial score (nSPS) is 11.2. The summed E-state index contributed by atoms with van der Waals surface area (Å²) in [4.78, 5) is 14.5. The monoisotopic (exact) mass is 401 g/mol. The van der Waals surface area contributed by atoms with Crippen molar-refractivity contribution in [2.45, 2.75) is 19.8 Å². The molecule has 0 aliphatic carbocycles. The van der Waals surface area contributed by atoms with Gasteiger partial charge in [-0.25, -0.2) is 15.0 Å². The van der Waals surface area contributed by atoms with Gasteiger partial charge in [0.1, 0.15) is 5.82 Å². The molecule has 3 heteroatoms. The van der Waals surface area contributed by atoms with Gasteiger partial charge in [0.05, 0.1) is 0 Å². The van der Waals surface area contributed by atoms with E-state index in [0.29, 0.717) is 5.82 Å². The summed E-state index contributed by atoms with van der Waals surface area (Å²) in [6.07, 6.45) is 0. The summed E-state index contributed by atoms with van der Waals surface area (Å²) < 4.78 is 0. The number of rotatable bonds is 4. The molecule has 1 heterocycles. The summed E-state index contributed by atoms with van der Waals surface area (Å²) in [7, 11) is 0. The molecule has 0 radical (unpaired) electrons. The predicted molar refractivity (Wildman–Crippen MR) is 128 cm³/mol. The average Bonchev–Trinajstić information content (AvgIpc) is 2.84. The van der Waals surface area contributed by atoms with Crippen LogP contribution in [0.5, 0.6) is 0 Å². The van der Waals surface area contributed by atoms with E-state index < -0.39 is 0 Å². The van der Waals surface area contributed by atoms with Crippen LogP contribution in [-0.4, -0.2) is 15.0 Å². The van der Waals surface area contributed by atoms with Gasteiger partial charge in [-0.2, -0.15) is 0 Å². The summed E-state index contributed by atoms with van der Waals surface area (Å²) in [6.45, 7) is 4.23. The van der Waals surface area contributed by atoms with Crippen LogP contribution in [0.4, 0.5) is 0 Å². The zero-order valence-corrected chi connectivity index (χ0v) is 17.7. The van der Waals surface area contributed by atoms with E-state index in [1.54, 1.807) is 0 Å². The van der Waals surface area contributed by atoms with Crippen LogP contribution in [0.1, 0.15) is 25.6 Å². The Morgan fingerprint density at radius 2 is 1.13 bits per heavy atom. The molecule has 0 amide bonds. The van der Waals surface area contributed by atoms with Gasteiger partial charge in [0, 0.05) is 17.0 Å². The van der Waals surface area contributed by atoms with E-state index in [0.717, 1.165) is 28.2 Å². The van der Waals surface area contributed by atoms with Gasteiger partial charge in [-0.15, -0.1) is 0 Å². The van der Waals surface area contributed by atoms with Crippen LogP contribution in [-0.2, 0) is 0 Å². The van der Waals surface area contributed by atoms with Crippen LogP contribution in [0.3, 0.4) is 0 Å². The SMILES string of the molecule is CC(C)c1nc(-c2ccc(-c3ccccc3)cc2)nc(-c2cccc3ccccc23)n1. The zero-order valence-electron chi connectivity index (χ0n) is 17.7. The Balaban J connectivity index is 1.62. The molecule has 1 aromatic heterocycles. The maximum absolute atomic E-state index is 4.89. The quantitative estimate of drug-likeness (QED) is 0.321. The van der Waals surface area contributed by atoms with Crippen LogP contribution in [0.15, 0.2) is 97.1 Å². The van der Waals surface area contributed by atoms with Crippen LogP contribution >= 0.6 is 0 Å². The Kier molecular flexibility index (Phi) is 5.01. The lowest BCUT2D eigenvalue weighted by molar-refractivity contribution is 0.766. The summed E-state index contributed by atoms with van der Waals surface area (Å²) in [6, 6.07) is 33.4. The summed E-state index contributed by atoms with van der Waals surface area (Å²) in [5, 5.41) is 2.33. The number of aromatic nitrogens is 3. The Morgan fingerprint density at radius 3 is 1.90 bits per heavy atom. The maximum atomic E-state index is 4.89. The maximum Gasteiger partial charge on any atom is 0.164 e. The highest BCUT2D eigenvalue weighted by atomic mass is 15.0. The first-order chi connectivity index (χ1) is 15.2. The van der Waals surface area contributed by atoms with Crippen molar-refractivity contribution >= 4 is 10.8 Å². The van der Waals surface area contributed by atoms with Crippen molar-refractivity contribution in [3.8, 4) is 33.9 Å². The minimum atomic E-state index is 0.207. The number of nitrogens with zero attached hydrogens (tertiary/aromatic N) is 3. The van der Waals surface area contributed by atoms with Gasteiger partial charge < -0.3 is 0 Å². The van der Waals surface area contributed by atoms with E-state index in [4.69, 9.17) is 15.0 Å². The van der Waals surface area contributed by atoms with E-state index in [9.17, 15) is 0 Å². The topological polar surface area (TPSA) is 38.7 Å². The molecule has 5 rings (SSSR count). The minimum absolute atomic E-state index is 0.207. The Morgan fingerprint density at radius 1 is 0.516 bits per heavy atom. The van der Waals surface area contributed by atoms with Gasteiger partial charge in [0.15, 0.2) is 11.6 Å². The molecule has 0 saturated carbocycles. The fraction of sp³-hybridized carbons (Fsp3) is 0.107. The van der Waals surface area contributed by atoms with Gasteiger partial charge in [0.25, 0.3) is 0 Å². The molecule has 0 saturated heterocycles. The molecule has 0 aliphatic rings. The van der Waals surface area contributed by atoms with Crippen molar-refractivity contribution in [1.82, 2.24) is 15.0 Å². The standard InChI is InChI=1S/C28H23N3/c1-19(2)26-29-27(23-17-15-21(16-18-23)20-9-4-3-5-10-20)31-28(30-26)25-14-8-12-22-11-6-7-13-24(22)25/h3-19H,1-2H3. The summed E-state index contributed by atoms with van der Waals surface area (Å²) in [5.74, 6) is 2.44. The van der Waals surface area contributed by atoms with Crippen molar-refractivity contribution in [1.29, 1.82) is 0 Å². The largest absolute Gasteiger partial charge is 0.213 e. The van der Waals surface area contributed by atoms with Gasteiger partial charge in [-0.1, -0.05) is 111 Å². The molecule has 5 aromatic rings. The van der Waals surface area contributed by atoms with Gasteiger partial charge >= 0.3 is 0 Å². The zero-order chi connectivity index (χ0) is 21.2. The van der Waals surface area contributed by atoms with E-state index in [1.807, 2.05) is 6.07 Å². The molecule has 0 aliphatic heterocycles. The lowest BCUT2D eigenvalue weighted by atomic mass is 10.0. The van der Waals surface area contributed by atoms with E-state index >= 15 is 0 Å². The lowest BCUT2D eigenvalue weighted by Crippen LogP contribution is -2.04. The van der Waals surface area contributed by atoms with E-state index in [-0.39, 0.29) is 5.92 Å². The van der Waals surface area contributed by atoms with Gasteiger partial charge in [-0.05, 0) is 21.9 Å². The summed E-state index contributed by atoms with van der Waals surface area (Å²) in [5.41, 5.74) is 4.40. The minimum Gasteiger partial charge on any atom is -0.213 e. The molecule has 3 nitrogen and oxygen atoms in total. The highest BCUT2D eigenvalue weighted by Gasteiger charge is 2.14. The van der Waals surface area contributed by atoms with E-state index in [2.05, 4.69) is 105 Å². The number of hydrogen-bond donors (Lipinski definition) is 0. The van der Waals surface area contributed by atoms with Crippen LogP contribution < -0.4 is 0 Å². The fourth-order valence-corrected chi connectivity index (χ4v) is 3.76. The predicted octanol–water partition coefficient (Wildman–Crippen LogP) is 7.15. The number of benzene rings is 4. The van der Waals surface area contributed by atoms with Crippen molar-refractivity contribution in [2.24, 2.45) is 0 Å². The molecular weight excluding hydrogens is 378 g/mol. The molecule has 4 aromatic carbocycles. The highest BCUT2D eigenvalue weighted by molar-refractivity contribution is 5.95. The number of hydrogen-bond acceptors (Lipinski definition) is 3. The highest BCUT2D eigenvalue weighted by Crippen LogP contribution is 2.29. The Labute approximate surface area is 182 Å². The second kappa shape index (κ2) is 8.11. The molecule has 0 N–H and O–H groups in total. The molecule has 0 spiro atoms. The van der Waals surface area contributed by atoms with Crippen LogP contribution in [0.25, 0.3) is 44.7 Å². The Bertz CT molecular complexity index is 1330. The molecule has 0 atom stereocenters.